The summed E-state index contributed by atoms with van der Waals surface area (Å²) in [6.45, 7) is 0.441. The number of nitrogens with zero attached hydrogens (tertiary/aromatic N) is 2. The van der Waals surface area contributed by atoms with E-state index in [1.165, 1.54) is 0 Å². The standard InChI is InChI=1S/C18H16BrN3O3/c1-23-15-8-4-12(5-9-17-21-22-18(20)25-17)10-16(15)24-11-13-2-6-14(19)7-3-13/h2-10H,11H2,1H3,(H2,20,22)/b9-5+. The summed E-state index contributed by atoms with van der Waals surface area (Å²) in [5.41, 5.74) is 7.37. The molecule has 0 fully saturated rings. The Morgan fingerprint density at radius 2 is 1.88 bits per heavy atom. The second-order valence-corrected chi connectivity index (χ2v) is 6.05. The highest BCUT2D eigenvalue weighted by Crippen LogP contribution is 2.29. The fourth-order valence-corrected chi connectivity index (χ4v) is 2.40. The van der Waals surface area contributed by atoms with Crippen LogP contribution in [-0.2, 0) is 6.61 Å². The van der Waals surface area contributed by atoms with Gasteiger partial charge in [0.15, 0.2) is 11.5 Å². The highest BCUT2D eigenvalue weighted by atomic mass is 79.9. The minimum absolute atomic E-state index is 0.0351. The highest BCUT2D eigenvalue weighted by Gasteiger charge is 2.06. The van der Waals surface area contributed by atoms with Gasteiger partial charge in [-0.25, -0.2) is 0 Å². The van der Waals surface area contributed by atoms with Crippen molar-refractivity contribution in [2.24, 2.45) is 0 Å². The van der Waals surface area contributed by atoms with Gasteiger partial charge in [-0.3, -0.25) is 0 Å². The minimum atomic E-state index is 0.0351. The smallest absolute Gasteiger partial charge is 0.313 e. The molecule has 0 aliphatic heterocycles. The van der Waals surface area contributed by atoms with Crippen LogP contribution in [0.1, 0.15) is 17.0 Å². The second kappa shape index (κ2) is 7.85. The van der Waals surface area contributed by atoms with Crippen molar-refractivity contribution in [2.45, 2.75) is 6.61 Å². The van der Waals surface area contributed by atoms with Gasteiger partial charge in [-0.15, -0.1) is 5.10 Å². The first kappa shape index (κ1) is 17.0. The van der Waals surface area contributed by atoms with Gasteiger partial charge >= 0.3 is 6.01 Å². The van der Waals surface area contributed by atoms with Crippen LogP contribution in [-0.4, -0.2) is 17.3 Å². The molecule has 0 radical (unpaired) electrons. The van der Waals surface area contributed by atoms with Gasteiger partial charge in [-0.05, 0) is 41.5 Å². The Kier molecular flexibility index (Phi) is 5.35. The van der Waals surface area contributed by atoms with Crippen molar-refractivity contribution in [3.8, 4) is 11.5 Å². The molecule has 3 aromatic rings. The van der Waals surface area contributed by atoms with Crippen LogP contribution in [0.3, 0.4) is 0 Å². The Balaban J connectivity index is 1.75. The third-order valence-electron chi connectivity index (χ3n) is 3.37. The van der Waals surface area contributed by atoms with Crippen LogP contribution in [0.5, 0.6) is 11.5 Å². The normalized spacial score (nSPS) is 11.0. The van der Waals surface area contributed by atoms with E-state index < -0.39 is 0 Å². The topological polar surface area (TPSA) is 83.4 Å². The van der Waals surface area contributed by atoms with E-state index in [9.17, 15) is 0 Å². The molecule has 0 unspecified atom stereocenters. The monoisotopic (exact) mass is 401 g/mol. The van der Waals surface area contributed by atoms with Gasteiger partial charge in [0.2, 0.25) is 5.89 Å². The molecule has 25 heavy (non-hydrogen) atoms. The number of halogens is 1. The van der Waals surface area contributed by atoms with E-state index in [-0.39, 0.29) is 6.01 Å². The average Bonchev–Trinajstić information content (AvgIpc) is 3.05. The van der Waals surface area contributed by atoms with E-state index in [0.29, 0.717) is 24.0 Å². The molecule has 0 atom stereocenters. The predicted molar refractivity (Wildman–Crippen MR) is 99.1 cm³/mol. The van der Waals surface area contributed by atoms with E-state index in [1.807, 2.05) is 48.5 Å². The summed E-state index contributed by atoms with van der Waals surface area (Å²) in [6.07, 6.45) is 3.52. The fraction of sp³-hybridized carbons (Fsp3) is 0.111. The van der Waals surface area contributed by atoms with Crippen LogP contribution >= 0.6 is 15.9 Å². The van der Waals surface area contributed by atoms with Crippen LogP contribution < -0.4 is 15.2 Å². The Hall–Kier alpha value is -2.80. The van der Waals surface area contributed by atoms with Crippen LogP contribution in [0.25, 0.3) is 12.2 Å². The summed E-state index contributed by atoms with van der Waals surface area (Å²) < 4.78 is 17.4. The van der Waals surface area contributed by atoms with E-state index in [4.69, 9.17) is 19.6 Å². The zero-order valence-electron chi connectivity index (χ0n) is 13.5. The number of hydrogen-bond donors (Lipinski definition) is 1. The quantitative estimate of drug-likeness (QED) is 0.666. The van der Waals surface area contributed by atoms with Gasteiger partial charge in [0, 0.05) is 10.5 Å². The molecule has 7 heteroatoms. The summed E-state index contributed by atoms with van der Waals surface area (Å²) in [7, 11) is 1.61. The number of anilines is 1. The summed E-state index contributed by atoms with van der Waals surface area (Å²) in [6, 6.07) is 13.6. The Morgan fingerprint density at radius 1 is 1.08 bits per heavy atom. The van der Waals surface area contributed by atoms with Crippen LogP contribution in [0.15, 0.2) is 51.4 Å². The third-order valence-corrected chi connectivity index (χ3v) is 3.90. The number of aromatic nitrogens is 2. The second-order valence-electron chi connectivity index (χ2n) is 5.14. The molecular formula is C18H16BrN3O3. The molecule has 1 heterocycles. The Bertz CT molecular complexity index is 876. The van der Waals surface area contributed by atoms with Crippen molar-refractivity contribution in [1.82, 2.24) is 10.2 Å². The van der Waals surface area contributed by atoms with E-state index in [0.717, 1.165) is 15.6 Å². The molecule has 0 amide bonds. The lowest BCUT2D eigenvalue weighted by molar-refractivity contribution is 0.284. The number of methoxy groups -OCH3 is 1. The van der Waals surface area contributed by atoms with Crippen LogP contribution in [0.2, 0.25) is 0 Å². The minimum Gasteiger partial charge on any atom is -0.493 e. The lowest BCUT2D eigenvalue weighted by Gasteiger charge is -2.11. The molecule has 1 aromatic heterocycles. The summed E-state index contributed by atoms with van der Waals surface area (Å²) in [5, 5.41) is 7.39. The molecule has 0 spiro atoms. The number of hydrogen-bond acceptors (Lipinski definition) is 6. The van der Waals surface area contributed by atoms with Gasteiger partial charge < -0.3 is 19.6 Å². The number of rotatable bonds is 6. The van der Waals surface area contributed by atoms with Gasteiger partial charge in [-0.1, -0.05) is 39.2 Å². The molecule has 3 rings (SSSR count). The molecule has 0 saturated carbocycles. The fourth-order valence-electron chi connectivity index (χ4n) is 2.13. The van der Waals surface area contributed by atoms with Crippen molar-refractivity contribution in [1.29, 1.82) is 0 Å². The molecule has 0 saturated heterocycles. The van der Waals surface area contributed by atoms with E-state index >= 15 is 0 Å². The van der Waals surface area contributed by atoms with Crippen molar-refractivity contribution in [3.63, 3.8) is 0 Å². The van der Waals surface area contributed by atoms with Gasteiger partial charge in [0.05, 0.1) is 7.11 Å². The van der Waals surface area contributed by atoms with E-state index in [2.05, 4.69) is 26.1 Å². The number of ether oxygens (including phenoxy) is 2. The lowest BCUT2D eigenvalue weighted by Crippen LogP contribution is -1.98. The lowest BCUT2D eigenvalue weighted by atomic mass is 10.2. The zero-order chi connectivity index (χ0) is 17.6. The molecule has 6 nitrogen and oxygen atoms in total. The SMILES string of the molecule is COc1ccc(/C=C/c2nnc(N)o2)cc1OCc1ccc(Br)cc1. The number of nitrogen functional groups attached to an aromatic ring is 1. The highest BCUT2D eigenvalue weighted by molar-refractivity contribution is 9.10. The average molecular weight is 402 g/mol. The zero-order valence-corrected chi connectivity index (χ0v) is 15.1. The summed E-state index contributed by atoms with van der Waals surface area (Å²) in [5.74, 6) is 1.65. The molecule has 128 valence electrons. The predicted octanol–water partition coefficient (Wildman–Crippen LogP) is 4.17. The molecule has 0 aliphatic rings. The number of benzene rings is 2. The first-order chi connectivity index (χ1) is 12.1. The van der Waals surface area contributed by atoms with Crippen molar-refractivity contribution in [3.05, 3.63) is 64.0 Å². The van der Waals surface area contributed by atoms with Gasteiger partial charge in [0.25, 0.3) is 0 Å². The Labute approximate surface area is 153 Å². The summed E-state index contributed by atoms with van der Waals surface area (Å²) in [4.78, 5) is 0. The molecule has 2 aromatic carbocycles. The van der Waals surface area contributed by atoms with Gasteiger partial charge in [-0.2, -0.15) is 0 Å². The van der Waals surface area contributed by atoms with Crippen molar-refractivity contribution in [2.75, 3.05) is 12.8 Å². The first-order valence-corrected chi connectivity index (χ1v) is 8.25. The first-order valence-electron chi connectivity index (χ1n) is 7.46. The largest absolute Gasteiger partial charge is 0.493 e. The third kappa shape index (κ3) is 4.60. The van der Waals surface area contributed by atoms with Crippen LogP contribution in [0, 0.1) is 0 Å². The molecule has 0 bridgehead atoms. The maximum atomic E-state index is 5.91. The summed E-state index contributed by atoms with van der Waals surface area (Å²) >= 11 is 3.42. The maximum absolute atomic E-state index is 5.91. The molecular weight excluding hydrogens is 386 g/mol. The maximum Gasteiger partial charge on any atom is 0.313 e. The van der Waals surface area contributed by atoms with Crippen molar-refractivity contribution < 1.29 is 13.9 Å². The van der Waals surface area contributed by atoms with E-state index in [1.54, 1.807) is 13.2 Å². The van der Waals surface area contributed by atoms with Crippen LogP contribution in [0.4, 0.5) is 6.01 Å². The molecule has 0 aliphatic carbocycles. The van der Waals surface area contributed by atoms with Crippen molar-refractivity contribution >= 4 is 34.1 Å². The molecule has 2 N–H and O–H groups in total. The Morgan fingerprint density at radius 3 is 2.56 bits per heavy atom. The number of nitrogens with two attached hydrogens (primary N) is 1. The van der Waals surface area contributed by atoms with Gasteiger partial charge in [0.1, 0.15) is 6.61 Å².